The molecule has 0 unspecified atom stereocenters. The highest BCUT2D eigenvalue weighted by atomic mass is 16.5. The van der Waals surface area contributed by atoms with Gasteiger partial charge in [0.2, 0.25) is 6.17 Å². The highest BCUT2D eigenvalue weighted by Crippen LogP contribution is 2.33. The first-order valence-electron chi connectivity index (χ1n) is 10.6. The average molecular weight is 422 g/mol. The van der Waals surface area contributed by atoms with Crippen molar-refractivity contribution in [3.05, 3.63) is 65.7 Å². The Balaban J connectivity index is 1.91. The molecule has 1 N–H and O–H groups in total. The molecule has 0 fully saturated rings. The van der Waals surface area contributed by atoms with Gasteiger partial charge in [-0.2, -0.15) is 0 Å². The van der Waals surface area contributed by atoms with Crippen LogP contribution in [0.25, 0.3) is 0 Å². The number of hydrogen-bond donors (Lipinski definition) is 1. The van der Waals surface area contributed by atoms with Gasteiger partial charge >= 0.3 is 6.09 Å². The van der Waals surface area contributed by atoms with Crippen molar-refractivity contribution in [1.29, 1.82) is 0 Å². The normalized spacial score (nSPS) is 16.5. The standard InChI is InChI=1S/C25H31N3O3/c1-17(2)15-28-20-14-10-9-13-19(20)21(25(3,4)5)26-22(23(28)29)27-24(30)31-16-18-11-7-6-8-12-18/h6-14,17,22H,15-16H2,1-5H3,(H,27,30)/t22-/m0/s1. The molecule has 0 radical (unpaired) electrons. The van der Waals surface area contributed by atoms with Crippen LogP contribution in [0, 0.1) is 11.3 Å². The fourth-order valence-corrected chi connectivity index (χ4v) is 3.55. The Hall–Kier alpha value is -3.15. The van der Waals surface area contributed by atoms with Gasteiger partial charge in [0.15, 0.2) is 0 Å². The third-order valence-electron chi connectivity index (χ3n) is 4.93. The average Bonchev–Trinajstić information content (AvgIpc) is 2.83. The van der Waals surface area contributed by atoms with Gasteiger partial charge in [0, 0.05) is 17.5 Å². The molecule has 6 heteroatoms. The van der Waals surface area contributed by atoms with Crippen LogP contribution in [0.1, 0.15) is 45.7 Å². The van der Waals surface area contributed by atoms with E-state index in [1.807, 2.05) is 54.6 Å². The number of benzodiazepines with no additional fused rings is 1. The number of fused-ring (bicyclic) bond motifs is 1. The van der Waals surface area contributed by atoms with Gasteiger partial charge in [0.05, 0.1) is 11.4 Å². The van der Waals surface area contributed by atoms with Crippen LogP contribution < -0.4 is 10.2 Å². The third-order valence-corrected chi connectivity index (χ3v) is 4.93. The minimum Gasteiger partial charge on any atom is -0.445 e. The molecular weight excluding hydrogens is 390 g/mol. The second-order valence-electron chi connectivity index (χ2n) is 9.20. The van der Waals surface area contributed by atoms with Crippen LogP contribution in [0.2, 0.25) is 0 Å². The predicted octanol–water partition coefficient (Wildman–Crippen LogP) is 4.78. The Morgan fingerprint density at radius 2 is 1.74 bits per heavy atom. The minimum atomic E-state index is -1.05. The molecule has 0 bridgehead atoms. The molecule has 2 aromatic rings. The number of amides is 2. The number of aliphatic imine (C=N–C) groups is 1. The van der Waals surface area contributed by atoms with E-state index in [0.717, 1.165) is 22.5 Å². The van der Waals surface area contributed by atoms with E-state index >= 15 is 0 Å². The highest BCUT2D eigenvalue weighted by molar-refractivity contribution is 6.14. The summed E-state index contributed by atoms with van der Waals surface area (Å²) in [7, 11) is 0. The number of ether oxygens (including phenoxy) is 1. The van der Waals surface area contributed by atoms with Crippen molar-refractivity contribution in [2.45, 2.75) is 47.4 Å². The maximum absolute atomic E-state index is 13.5. The minimum absolute atomic E-state index is 0.124. The zero-order valence-corrected chi connectivity index (χ0v) is 18.9. The van der Waals surface area contributed by atoms with Gasteiger partial charge in [-0.25, -0.2) is 4.79 Å². The second kappa shape index (κ2) is 9.33. The van der Waals surface area contributed by atoms with Gasteiger partial charge in [-0.3, -0.25) is 15.1 Å². The molecule has 0 saturated heterocycles. The quantitative estimate of drug-likeness (QED) is 0.755. The summed E-state index contributed by atoms with van der Waals surface area (Å²) in [5.41, 5.74) is 3.05. The smallest absolute Gasteiger partial charge is 0.409 e. The summed E-state index contributed by atoms with van der Waals surface area (Å²) in [6.07, 6.45) is -1.72. The number of benzene rings is 2. The predicted molar refractivity (Wildman–Crippen MR) is 123 cm³/mol. The van der Waals surface area contributed by atoms with E-state index in [1.54, 1.807) is 4.90 Å². The summed E-state index contributed by atoms with van der Waals surface area (Å²) < 4.78 is 5.34. The van der Waals surface area contributed by atoms with Gasteiger partial charge in [0.1, 0.15) is 6.61 Å². The molecular formula is C25H31N3O3. The first kappa shape index (κ1) is 22.5. The van der Waals surface area contributed by atoms with E-state index in [-0.39, 0.29) is 23.8 Å². The van der Waals surface area contributed by atoms with E-state index in [9.17, 15) is 9.59 Å². The molecule has 1 aliphatic heterocycles. The van der Waals surface area contributed by atoms with Crippen LogP contribution in [0.4, 0.5) is 10.5 Å². The lowest BCUT2D eigenvalue weighted by Gasteiger charge is -2.27. The van der Waals surface area contributed by atoms with Crippen molar-refractivity contribution in [2.75, 3.05) is 11.4 Å². The van der Waals surface area contributed by atoms with Gasteiger partial charge in [-0.1, -0.05) is 83.1 Å². The number of nitrogens with zero attached hydrogens (tertiary/aromatic N) is 2. The van der Waals surface area contributed by atoms with E-state index in [1.165, 1.54) is 0 Å². The summed E-state index contributed by atoms with van der Waals surface area (Å²) in [5, 5.41) is 2.68. The fraction of sp³-hybridized carbons (Fsp3) is 0.400. The molecule has 2 aromatic carbocycles. The van der Waals surface area contributed by atoms with Crippen LogP contribution in [0.5, 0.6) is 0 Å². The van der Waals surface area contributed by atoms with Crippen molar-refractivity contribution in [2.24, 2.45) is 16.3 Å². The lowest BCUT2D eigenvalue weighted by molar-refractivity contribution is -0.120. The highest BCUT2D eigenvalue weighted by Gasteiger charge is 2.36. The summed E-state index contributed by atoms with van der Waals surface area (Å²) in [4.78, 5) is 32.5. The number of rotatable bonds is 5. The van der Waals surface area contributed by atoms with Crippen molar-refractivity contribution < 1.29 is 14.3 Å². The monoisotopic (exact) mass is 421 g/mol. The number of alkyl carbamates (subject to hydrolysis) is 1. The molecule has 1 atom stereocenters. The van der Waals surface area contributed by atoms with E-state index in [4.69, 9.17) is 9.73 Å². The number of nitrogens with one attached hydrogen (secondary N) is 1. The Kier molecular flexibility index (Phi) is 6.78. The summed E-state index contributed by atoms with van der Waals surface area (Å²) >= 11 is 0. The molecule has 0 aromatic heterocycles. The first-order valence-corrected chi connectivity index (χ1v) is 10.6. The number of carbonyl (C=O) groups is 2. The van der Waals surface area contributed by atoms with Gasteiger partial charge in [0.25, 0.3) is 5.91 Å². The van der Waals surface area contributed by atoms with Crippen LogP contribution >= 0.6 is 0 Å². The third kappa shape index (κ3) is 5.51. The molecule has 31 heavy (non-hydrogen) atoms. The maximum atomic E-state index is 13.5. The van der Waals surface area contributed by atoms with Crippen LogP contribution in [0.3, 0.4) is 0 Å². The topological polar surface area (TPSA) is 71.0 Å². The lowest BCUT2D eigenvalue weighted by atomic mass is 9.84. The zero-order valence-electron chi connectivity index (χ0n) is 18.9. The Morgan fingerprint density at radius 3 is 2.39 bits per heavy atom. The molecule has 2 amide bonds. The molecule has 6 nitrogen and oxygen atoms in total. The molecule has 164 valence electrons. The summed E-state index contributed by atoms with van der Waals surface area (Å²) in [6.45, 7) is 10.9. The first-order chi connectivity index (χ1) is 14.7. The fourth-order valence-electron chi connectivity index (χ4n) is 3.55. The number of anilines is 1. The van der Waals surface area contributed by atoms with Crippen molar-refractivity contribution >= 4 is 23.4 Å². The Bertz CT molecular complexity index is 961. The summed E-state index contributed by atoms with van der Waals surface area (Å²) in [6, 6.07) is 17.2. The largest absolute Gasteiger partial charge is 0.445 e. The second-order valence-corrected chi connectivity index (χ2v) is 9.20. The molecule has 1 heterocycles. The Labute approximate surface area is 184 Å². The number of carbonyl (C=O) groups excluding carboxylic acids is 2. The van der Waals surface area contributed by atoms with Crippen LogP contribution in [0.15, 0.2) is 59.6 Å². The SMILES string of the molecule is CC(C)CN1C(=O)[C@H](NC(=O)OCc2ccccc2)N=C(C(C)(C)C)c2ccccc21. The molecule has 0 saturated carbocycles. The van der Waals surface area contributed by atoms with Crippen LogP contribution in [-0.2, 0) is 16.1 Å². The number of hydrogen-bond acceptors (Lipinski definition) is 4. The van der Waals surface area contributed by atoms with Crippen LogP contribution in [-0.4, -0.2) is 30.4 Å². The molecule has 0 spiro atoms. The van der Waals surface area contributed by atoms with E-state index in [0.29, 0.717) is 6.54 Å². The molecule has 1 aliphatic rings. The van der Waals surface area contributed by atoms with Crippen molar-refractivity contribution in [1.82, 2.24) is 5.32 Å². The molecule has 3 rings (SSSR count). The Morgan fingerprint density at radius 1 is 1.10 bits per heavy atom. The number of para-hydroxylation sites is 1. The van der Waals surface area contributed by atoms with Gasteiger partial charge in [-0.15, -0.1) is 0 Å². The van der Waals surface area contributed by atoms with Crippen molar-refractivity contribution in [3.8, 4) is 0 Å². The maximum Gasteiger partial charge on any atom is 0.409 e. The van der Waals surface area contributed by atoms with Crippen molar-refractivity contribution in [3.63, 3.8) is 0 Å². The summed E-state index contributed by atoms with van der Waals surface area (Å²) in [5.74, 6) is -0.0177. The zero-order chi connectivity index (χ0) is 22.6. The molecule has 0 aliphatic carbocycles. The lowest BCUT2D eigenvalue weighted by Crippen LogP contribution is -2.48. The van der Waals surface area contributed by atoms with E-state index < -0.39 is 12.3 Å². The van der Waals surface area contributed by atoms with Gasteiger partial charge in [-0.05, 0) is 17.5 Å². The van der Waals surface area contributed by atoms with E-state index in [2.05, 4.69) is 39.9 Å². The van der Waals surface area contributed by atoms with Gasteiger partial charge < -0.3 is 9.64 Å².